The standard InChI is InChI=1S/C18H19FN4O2S/c1-23(2)17(12-5-3-6-13(19)9-12)18(24)20-11-16-21-15(22-25-16)10-14-7-4-8-26-14/h3-9,17H,10-11H2,1-2H3,(H,20,24)/t17-/m0/s1. The van der Waals surface area contributed by atoms with Crippen molar-refractivity contribution in [1.82, 2.24) is 20.4 Å². The Balaban J connectivity index is 1.62. The molecule has 1 atom stereocenters. The maximum absolute atomic E-state index is 13.5. The number of nitrogens with one attached hydrogen (secondary N) is 1. The highest BCUT2D eigenvalue weighted by atomic mass is 32.1. The molecule has 1 N–H and O–H groups in total. The average Bonchev–Trinajstić information content (AvgIpc) is 3.25. The van der Waals surface area contributed by atoms with Crippen molar-refractivity contribution in [3.05, 3.63) is 69.8 Å². The molecular formula is C18H19FN4O2S. The topological polar surface area (TPSA) is 71.3 Å². The SMILES string of the molecule is CN(C)[C@H](C(=O)NCc1nc(Cc2cccs2)no1)c1cccc(F)c1. The highest BCUT2D eigenvalue weighted by Crippen LogP contribution is 2.19. The molecule has 3 aromatic rings. The minimum Gasteiger partial charge on any atom is -0.345 e. The lowest BCUT2D eigenvalue weighted by Gasteiger charge is -2.23. The highest BCUT2D eigenvalue weighted by Gasteiger charge is 2.23. The number of benzene rings is 1. The molecule has 0 radical (unpaired) electrons. The van der Waals surface area contributed by atoms with E-state index in [0.29, 0.717) is 23.7 Å². The molecule has 8 heteroatoms. The predicted molar refractivity (Wildman–Crippen MR) is 96.1 cm³/mol. The van der Waals surface area contributed by atoms with Gasteiger partial charge in [-0.1, -0.05) is 23.4 Å². The van der Waals surface area contributed by atoms with Crippen LogP contribution in [0, 0.1) is 5.82 Å². The minimum absolute atomic E-state index is 0.121. The fourth-order valence-electron chi connectivity index (χ4n) is 2.62. The molecule has 0 fully saturated rings. The molecule has 6 nitrogen and oxygen atoms in total. The van der Waals surface area contributed by atoms with Gasteiger partial charge >= 0.3 is 0 Å². The van der Waals surface area contributed by atoms with Crippen LogP contribution >= 0.6 is 11.3 Å². The monoisotopic (exact) mass is 374 g/mol. The summed E-state index contributed by atoms with van der Waals surface area (Å²) in [6.07, 6.45) is 0.596. The van der Waals surface area contributed by atoms with E-state index in [0.717, 1.165) is 4.88 Å². The van der Waals surface area contributed by atoms with Gasteiger partial charge in [-0.15, -0.1) is 11.3 Å². The molecule has 0 aliphatic heterocycles. The van der Waals surface area contributed by atoms with Crippen molar-refractivity contribution in [3.63, 3.8) is 0 Å². The normalized spacial score (nSPS) is 12.3. The van der Waals surface area contributed by atoms with Crippen molar-refractivity contribution in [2.75, 3.05) is 14.1 Å². The van der Waals surface area contributed by atoms with E-state index in [1.807, 2.05) is 17.5 Å². The number of carbonyl (C=O) groups excluding carboxylic acids is 1. The van der Waals surface area contributed by atoms with Gasteiger partial charge in [0.15, 0.2) is 5.82 Å². The first-order valence-corrected chi connectivity index (χ1v) is 8.94. The van der Waals surface area contributed by atoms with Crippen molar-refractivity contribution in [1.29, 1.82) is 0 Å². The number of aromatic nitrogens is 2. The number of carbonyl (C=O) groups is 1. The summed E-state index contributed by atoms with van der Waals surface area (Å²) in [5, 5.41) is 8.69. The average molecular weight is 374 g/mol. The molecule has 136 valence electrons. The summed E-state index contributed by atoms with van der Waals surface area (Å²) >= 11 is 1.62. The van der Waals surface area contributed by atoms with Crippen LogP contribution in [-0.4, -0.2) is 35.0 Å². The predicted octanol–water partition coefficient (Wildman–Crippen LogP) is 2.78. The molecule has 26 heavy (non-hydrogen) atoms. The maximum atomic E-state index is 13.5. The van der Waals surface area contributed by atoms with Crippen LogP contribution < -0.4 is 5.32 Å². The van der Waals surface area contributed by atoms with Gasteiger partial charge in [-0.2, -0.15) is 4.98 Å². The molecule has 2 heterocycles. The fraction of sp³-hybridized carbons (Fsp3) is 0.278. The van der Waals surface area contributed by atoms with Gasteiger partial charge in [-0.05, 0) is 43.2 Å². The summed E-state index contributed by atoms with van der Waals surface area (Å²) in [5.74, 6) is 0.267. The molecule has 0 aliphatic carbocycles. The lowest BCUT2D eigenvalue weighted by atomic mass is 10.1. The number of hydrogen-bond donors (Lipinski definition) is 1. The van der Waals surface area contributed by atoms with E-state index in [-0.39, 0.29) is 18.3 Å². The Bertz CT molecular complexity index is 864. The molecule has 0 unspecified atom stereocenters. The smallest absolute Gasteiger partial charge is 0.246 e. The van der Waals surface area contributed by atoms with Crippen molar-refractivity contribution < 1.29 is 13.7 Å². The second-order valence-electron chi connectivity index (χ2n) is 6.00. The summed E-state index contributed by atoms with van der Waals surface area (Å²) in [5.41, 5.74) is 0.580. The molecule has 0 bridgehead atoms. The molecule has 0 aliphatic rings. The Kier molecular flexibility index (Phi) is 5.75. The van der Waals surface area contributed by atoms with Gasteiger partial charge in [0.1, 0.15) is 11.9 Å². The van der Waals surface area contributed by atoms with Crippen LogP contribution in [0.5, 0.6) is 0 Å². The van der Waals surface area contributed by atoms with Gasteiger partial charge in [-0.25, -0.2) is 4.39 Å². The van der Waals surface area contributed by atoms with E-state index < -0.39 is 6.04 Å². The molecule has 3 rings (SSSR count). The zero-order chi connectivity index (χ0) is 18.5. The molecule has 0 saturated carbocycles. The molecule has 1 amide bonds. The Morgan fingerprint density at radius 2 is 2.19 bits per heavy atom. The number of amides is 1. The zero-order valence-electron chi connectivity index (χ0n) is 14.5. The van der Waals surface area contributed by atoms with Gasteiger partial charge in [0.25, 0.3) is 0 Å². The second-order valence-corrected chi connectivity index (χ2v) is 7.03. The van der Waals surface area contributed by atoms with Crippen LogP contribution in [0.15, 0.2) is 46.3 Å². The second kappa shape index (κ2) is 8.20. The third-order valence-corrected chi connectivity index (χ3v) is 4.64. The van der Waals surface area contributed by atoms with Gasteiger partial charge in [-0.3, -0.25) is 9.69 Å². The van der Waals surface area contributed by atoms with Crippen LogP contribution in [0.4, 0.5) is 4.39 Å². The number of rotatable bonds is 7. The van der Waals surface area contributed by atoms with Crippen LogP contribution in [0.25, 0.3) is 0 Å². The lowest BCUT2D eigenvalue weighted by molar-refractivity contribution is -0.126. The third kappa shape index (κ3) is 4.53. The Morgan fingerprint density at radius 1 is 1.35 bits per heavy atom. The Labute approximate surface area is 154 Å². The van der Waals surface area contributed by atoms with Crippen LogP contribution in [0.2, 0.25) is 0 Å². The van der Waals surface area contributed by atoms with Crippen LogP contribution in [0.1, 0.15) is 28.2 Å². The van der Waals surface area contributed by atoms with Gasteiger partial charge in [0, 0.05) is 11.3 Å². The molecule has 0 spiro atoms. The number of nitrogens with zero attached hydrogens (tertiary/aromatic N) is 3. The Morgan fingerprint density at radius 3 is 2.88 bits per heavy atom. The first-order chi connectivity index (χ1) is 12.5. The van der Waals surface area contributed by atoms with Crippen molar-refractivity contribution >= 4 is 17.2 Å². The van der Waals surface area contributed by atoms with Crippen molar-refractivity contribution in [2.45, 2.75) is 19.0 Å². The molecule has 0 saturated heterocycles. The molecular weight excluding hydrogens is 355 g/mol. The first kappa shape index (κ1) is 18.2. The van der Waals surface area contributed by atoms with Gasteiger partial charge in [0.2, 0.25) is 11.8 Å². The van der Waals surface area contributed by atoms with E-state index in [1.54, 1.807) is 42.5 Å². The van der Waals surface area contributed by atoms with Crippen molar-refractivity contribution in [2.24, 2.45) is 0 Å². The summed E-state index contributed by atoms with van der Waals surface area (Å²) in [7, 11) is 3.53. The first-order valence-electron chi connectivity index (χ1n) is 8.06. The summed E-state index contributed by atoms with van der Waals surface area (Å²) in [6, 6.07) is 9.37. The third-order valence-electron chi connectivity index (χ3n) is 3.77. The van der Waals surface area contributed by atoms with E-state index in [9.17, 15) is 9.18 Å². The summed E-state index contributed by atoms with van der Waals surface area (Å²) in [4.78, 5) is 19.7. The van der Waals surface area contributed by atoms with E-state index in [4.69, 9.17) is 4.52 Å². The summed E-state index contributed by atoms with van der Waals surface area (Å²) < 4.78 is 18.7. The zero-order valence-corrected chi connectivity index (χ0v) is 15.3. The number of thiophene rings is 1. The van der Waals surface area contributed by atoms with Gasteiger partial charge < -0.3 is 9.84 Å². The van der Waals surface area contributed by atoms with E-state index >= 15 is 0 Å². The van der Waals surface area contributed by atoms with E-state index in [2.05, 4.69) is 15.5 Å². The molecule has 1 aromatic carbocycles. The minimum atomic E-state index is -0.612. The number of halogens is 1. The van der Waals surface area contributed by atoms with Gasteiger partial charge in [0.05, 0.1) is 6.54 Å². The summed E-state index contributed by atoms with van der Waals surface area (Å²) in [6.45, 7) is 0.121. The number of likely N-dealkylation sites (N-methyl/N-ethyl adjacent to an activating group) is 1. The largest absolute Gasteiger partial charge is 0.345 e. The van der Waals surface area contributed by atoms with Crippen LogP contribution in [0.3, 0.4) is 0 Å². The highest BCUT2D eigenvalue weighted by molar-refractivity contribution is 7.09. The Hall–Kier alpha value is -2.58. The number of hydrogen-bond acceptors (Lipinski definition) is 6. The molecule has 2 aromatic heterocycles. The fourth-order valence-corrected chi connectivity index (χ4v) is 3.32. The maximum Gasteiger partial charge on any atom is 0.246 e. The lowest BCUT2D eigenvalue weighted by Crippen LogP contribution is -2.36. The van der Waals surface area contributed by atoms with E-state index in [1.165, 1.54) is 12.1 Å². The quantitative estimate of drug-likeness (QED) is 0.689. The van der Waals surface area contributed by atoms with Crippen molar-refractivity contribution in [3.8, 4) is 0 Å². The van der Waals surface area contributed by atoms with Crippen LogP contribution in [-0.2, 0) is 17.8 Å².